The lowest BCUT2D eigenvalue weighted by Gasteiger charge is -2.41. The zero-order valence-corrected chi connectivity index (χ0v) is 21.9. The SMILES string of the molecule is CC(C)(C)OC(=O)C(C1CNC1)[P+](c1ccccc1)(c1ccccc1)c1ccccc1.[I-]. The monoisotopic (exact) mass is 559 g/mol. The van der Waals surface area contributed by atoms with Gasteiger partial charge in [0.1, 0.15) is 28.8 Å². The maximum absolute atomic E-state index is 13.9. The molecule has 0 spiro atoms. The van der Waals surface area contributed by atoms with Gasteiger partial charge in [0, 0.05) is 19.0 Å². The summed E-state index contributed by atoms with van der Waals surface area (Å²) in [6.07, 6.45) is 0. The third kappa shape index (κ3) is 4.93. The van der Waals surface area contributed by atoms with Crippen molar-refractivity contribution < 1.29 is 33.5 Å². The Morgan fingerprint density at radius 2 is 1.19 bits per heavy atom. The molecular formula is C27H31INO2P. The number of carbonyl (C=O) groups is 1. The molecule has 1 aliphatic rings. The third-order valence-corrected chi connectivity index (χ3v) is 10.6. The Morgan fingerprint density at radius 3 is 1.47 bits per heavy atom. The number of rotatable bonds is 6. The molecular weight excluding hydrogens is 528 g/mol. The minimum atomic E-state index is -2.34. The summed E-state index contributed by atoms with van der Waals surface area (Å²) in [4.78, 5) is 13.9. The maximum atomic E-state index is 13.9. The molecule has 1 atom stereocenters. The largest absolute Gasteiger partial charge is 1.00 e. The number of carbonyl (C=O) groups excluding carboxylic acids is 1. The molecule has 4 rings (SSSR count). The van der Waals surface area contributed by atoms with E-state index in [1.165, 1.54) is 15.9 Å². The van der Waals surface area contributed by atoms with Crippen molar-refractivity contribution in [2.45, 2.75) is 32.0 Å². The van der Waals surface area contributed by atoms with Crippen LogP contribution in [0.2, 0.25) is 0 Å². The minimum Gasteiger partial charge on any atom is -1.00 e. The molecule has 3 nitrogen and oxygen atoms in total. The first-order valence-electron chi connectivity index (χ1n) is 10.9. The highest BCUT2D eigenvalue weighted by Gasteiger charge is 2.60. The van der Waals surface area contributed by atoms with Crippen LogP contribution in [0, 0.1) is 5.92 Å². The Bertz CT molecular complexity index is 905. The summed E-state index contributed by atoms with van der Waals surface area (Å²) in [5.41, 5.74) is -0.785. The summed E-state index contributed by atoms with van der Waals surface area (Å²) >= 11 is 0. The summed E-state index contributed by atoms with van der Waals surface area (Å²) in [6, 6.07) is 31.8. The highest BCUT2D eigenvalue weighted by Crippen LogP contribution is 2.62. The maximum Gasteiger partial charge on any atom is 0.349 e. The molecule has 0 saturated carbocycles. The highest BCUT2D eigenvalue weighted by atomic mass is 127. The second-order valence-corrected chi connectivity index (χ2v) is 12.7. The molecule has 3 aromatic carbocycles. The van der Waals surface area contributed by atoms with Gasteiger partial charge in [-0.15, -0.1) is 0 Å². The molecule has 1 unspecified atom stereocenters. The predicted octanol–water partition coefficient (Wildman–Crippen LogP) is 0.914. The molecule has 1 aliphatic heterocycles. The van der Waals surface area contributed by atoms with Crippen LogP contribution in [0.5, 0.6) is 0 Å². The molecule has 1 fully saturated rings. The number of ether oxygens (including phenoxy) is 1. The van der Waals surface area contributed by atoms with Gasteiger partial charge < -0.3 is 34.0 Å². The van der Waals surface area contributed by atoms with Crippen LogP contribution in [-0.2, 0) is 9.53 Å². The summed E-state index contributed by atoms with van der Waals surface area (Å²) in [5.74, 6) is 0.132. The molecule has 0 radical (unpaired) electrons. The Labute approximate surface area is 209 Å². The normalized spacial score (nSPS) is 15.2. The van der Waals surface area contributed by atoms with E-state index in [-0.39, 0.29) is 41.5 Å². The second-order valence-electron chi connectivity index (χ2n) is 9.13. The van der Waals surface area contributed by atoms with Crippen LogP contribution in [0.4, 0.5) is 0 Å². The van der Waals surface area contributed by atoms with Gasteiger partial charge in [-0.1, -0.05) is 54.6 Å². The van der Waals surface area contributed by atoms with Crippen LogP contribution < -0.4 is 45.2 Å². The Balaban J connectivity index is 0.00000289. The van der Waals surface area contributed by atoms with Gasteiger partial charge in [-0.3, -0.25) is 0 Å². The lowest BCUT2D eigenvalue weighted by atomic mass is 9.98. The van der Waals surface area contributed by atoms with Gasteiger partial charge in [-0.25, -0.2) is 4.79 Å². The standard InChI is InChI=1S/C27H31NO2P.HI/c1-27(2,3)30-26(29)25(21-19-28-20-21)31(22-13-7-4-8-14-22,23-15-9-5-10-16-23)24-17-11-6-12-18-24;/h4-18,21,25,28H,19-20H2,1-3H3;1H/q+1;/p-1. The van der Waals surface area contributed by atoms with E-state index in [9.17, 15) is 4.79 Å². The van der Waals surface area contributed by atoms with Gasteiger partial charge in [-0.2, -0.15) is 0 Å². The summed E-state index contributed by atoms with van der Waals surface area (Å²) in [7, 11) is -2.34. The third-order valence-electron chi connectivity index (χ3n) is 5.82. The van der Waals surface area contributed by atoms with E-state index in [1.54, 1.807) is 0 Å². The van der Waals surface area contributed by atoms with Crippen molar-refractivity contribution in [1.82, 2.24) is 5.32 Å². The van der Waals surface area contributed by atoms with Crippen LogP contribution in [0.15, 0.2) is 91.0 Å². The average molecular weight is 559 g/mol. The fourth-order valence-electron chi connectivity index (χ4n) is 4.48. The first-order valence-corrected chi connectivity index (χ1v) is 12.8. The van der Waals surface area contributed by atoms with Crippen molar-refractivity contribution in [2.24, 2.45) is 5.92 Å². The number of hydrogen-bond donors (Lipinski definition) is 1. The van der Waals surface area contributed by atoms with Crippen LogP contribution in [-0.4, -0.2) is 30.3 Å². The molecule has 0 aromatic heterocycles. The molecule has 1 N–H and O–H groups in total. The number of halogens is 1. The van der Waals surface area contributed by atoms with Crippen LogP contribution in [0.25, 0.3) is 0 Å². The summed E-state index contributed by atoms with van der Waals surface area (Å²) < 4.78 is 6.09. The number of benzene rings is 3. The predicted molar refractivity (Wildman–Crippen MR) is 131 cm³/mol. The van der Waals surface area contributed by atoms with Crippen LogP contribution in [0.1, 0.15) is 20.8 Å². The lowest BCUT2D eigenvalue weighted by Crippen LogP contribution is -3.00. The first-order chi connectivity index (χ1) is 14.9. The summed E-state index contributed by atoms with van der Waals surface area (Å²) in [6.45, 7) is 7.52. The Morgan fingerprint density at radius 1 is 0.812 bits per heavy atom. The highest BCUT2D eigenvalue weighted by molar-refractivity contribution is 7.96. The molecule has 0 bridgehead atoms. The van der Waals surface area contributed by atoms with Gasteiger partial charge in [0.25, 0.3) is 0 Å². The molecule has 5 heteroatoms. The molecule has 0 aliphatic carbocycles. The van der Waals surface area contributed by atoms with E-state index in [2.05, 4.69) is 78.1 Å². The van der Waals surface area contributed by atoms with Gasteiger partial charge in [0.05, 0.1) is 0 Å². The summed E-state index contributed by atoms with van der Waals surface area (Å²) in [5, 5.41) is 7.05. The topological polar surface area (TPSA) is 38.3 Å². The van der Waals surface area contributed by atoms with Gasteiger partial charge in [0.15, 0.2) is 5.66 Å². The van der Waals surface area contributed by atoms with Gasteiger partial charge in [0.2, 0.25) is 0 Å². The zero-order chi connectivity index (χ0) is 21.9. The second kappa shape index (κ2) is 10.5. The van der Waals surface area contributed by atoms with E-state index < -0.39 is 12.9 Å². The number of nitrogens with one attached hydrogen (secondary N) is 1. The van der Waals surface area contributed by atoms with E-state index in [4.69, 9.17) is 4.74 Å². The van der Waals surface area contributed by atoms with Crippen molar-refractivity contribution in [2.75, 3.05) is 13.1 Å². The lowest BCUT2D eigenvalue weighted by molar-refractivity contribution is -0.155. The average Bonchev–Trinajstić information content (AvgIpc) is 2.73. The van der Waals surface area contributed by atoms with Crippen molar-refractivity contribution >= 4 is 29.1 Å². The van der Waals surface area contributed by atoms with Crippen molar-refractivity contribution in [3.63, 3.8) is 0 Å². The Kier molecular flexibility index (Phi) is 8.13. The fraction of sp³-hybridized carbons (Fsp3) is 0.296. The van der Waals surface area contributed by atoms with Crippen molar-refractivity contribution in [3.05, 3.63) is 91.0 Å². The zero-order valence-electron chi connectivity index (χ0n) is 18.9. The minimum absolute atomic E-state index is 0. The quantitative estimate of drug-likeness (QED) is 0.278. The van der Waals surface area contributed by atoms with Crippen LogP contribution >= 0.6 is 7.26 Å². The van der Waals surface area contributed by atoms with Crippen molar-refractivity contribution in [1.29, 1.82) is 0 Å². The smallest absolute Gasteiger partial charge is 0.349 e. The fourth-order valence-corrected chi connectivity index (χ4v) is 9.48. The molecule has 1 heterocycles. The molecule has 3 aromatic rings. The van der Waals surface area contributed by atoms with E-state index in [0.717, 1.165) is 13.1 Å². The van der Waals surface area contributed by atoms with Crippen LogP contribution in [0.3, 0.4) is 0 Å². The van der Waals surface area contributed by atoms with E-state index in [0.29, 0.717) is 0 Å². The van der Waals surface area contributed by atoms with Gasteiger partial charge >= 0.3 is 5.97 Å². The van der Waals surface area contributed by atoms with E-state index in [1.807, 2.05) is 39.0 Å². The van der Waals surface area contributed by atoms with Gasteiger partial charge in [-0.05, 0) is 57.2 Å². The van der Waals surface area contributed by atoms with E-state index >= 15 is 0 Å². The first kappa shape index (κ1) is 24.9. The number of hydrogen-bond acceptors (Lipinski definition) is 3. The Hall–Kier alpha value is -1.75. The number of esters is 1. The molecule has 1 saturated heterocycles. The molecule has 168 valence electrons. The molecule has 32 heavy (non-hydrogen) atoms. The van der Waals surface area contributed by atoms with Crippen molar-refractivity contribution in [3.8, 4) is 0 Å². The molecule has 0 amide bonds.